The second-order valence-electron chi connectivity index (χ2n) is 7.87. The van der Waals surface area contributed by atoms with Crippen molar-refractivity contribution in [3.63, 3.8) is 0 Å². The van der Waals surface area contributed by atoms with Crippen LogP contribution in [0.25, 0.3) is 28.0 Å². The fourth-order valence-corrected chi connectivity index (χ4v) is 4.05. The lowest BCUT2D eigenvalue weighted by Crippen LogP contribution is -2.50. The quantitative estimate of drug-likeness (QED) is 0.513. The van der Waals surface area contributed by atoms with Gasteiger partial charge in [-0.25, -0.2) is 14.3 Å². The van der Waals surface area contributed by atoms with Crippen LogP contribution in [0.3, 0.4) is 0 Å². The van der Waals surface area contributed by atoms with Crippen LogP contribution in [0, 0.1) is 0 Å². The highest BCUT2D eigenvalue weighted by molar-refractivity contribution is 5.78. The van der Waals surface area contributed by atoms with Gasteiger partial charge in [-0.15, -0.1) is 0 Å². The van der Waals surface area contributed by atoms with E-state index in [1.165, 1.54) is 4.90 Å². The van der Waals surface area contributed by atoms with E-state index in [4.69, 9.17) is 10.1 Å². The van der Waals surface area contributed by atoms with E-state index in [1.807, 2.05) is 38.5 Å². The summed E-state index contributed by atoms with van der Waals surface area (Å²) in [4.78, 5) is 17.3. The summed E-state index contributed by atoms with van der Waals surface area (Å²) in [5, 5.41) is 22.5. The van der Waals surface area contributed by atoms with Gasteiger partial charge in [0, 0.05) is 36.6 Å². The minimum Gasteiger partial charge on any atom is -0.465 e. The molecule has 1 saturated heterocycles. The lowest BCUT2D eigenvalue weighted by atomic mass is 10.1. The molecule has 0 radical (unpaired) electrons. The van der Waals surface area contributed by atoms with Crippen LogP contribution in [0.1, 0.15) is 38.8 Å². The van der Waals surface area contributed by atoms with E-state index in [0.29, 0.717) is 19.1 Å². The van der Waals surface area contributed by atoms with Crippen molar-refractivity contribution in [2.75, 3.05) is 13.1 Å². The molecule has 1 aliphatic heterocycles. The molecule has 0 atom stereocenters. The number of carbonyl (C=O) groups is 1. The first-order chi connectivity index (χ1) is 15.1. The molecule has 1 amide bonds. The normalized spacial score (nSPS) is 14.5. The molecule has 1 N–H and O–H groups in total. The maximum absolute atomic E-state index is 11.0. The Hall–Kier alpha value is -3.69. The fraction of sp³-hybridized carbons (Fsp3) is 0.381. The lowest BCUT2D eigenvalue weighted by Gasteiger charge is -2.36. The van der Waals surface area contributed by atoms with Crippen LogP contribution in [0.15, 0.2) is 43.2 Å². The molecule has 0 aliphatic carbocycles. The van der Waals surface area contributed by atoms with Gasteiger partial charge in [-0.2, -0.15) is 15.3 Å². The predicted molar refractivity (Wildman–Crippen MR) is 114 cm³/mol. The number of rotatable bonds is 6. The largest absolute Gasteiger partial charge is 0.465 e. The van der Waals surface area contributed by atoms with E-state index in [9.17, 15) is 4.79 Å². The Morgan fingerprint density at radius 1 is 1.10 bits per heavy atom. The number of carboxylic acid groups (broad SMARTS) is 1. The van der Waals surface area contributed by atoms with Crippen molar-refractivity contribution < 1.29 is 9.90 Å². The highest BCUT2D eigenvalue weighted by Crippen LogP contribution is 2.29. The van der Waals surface area contributed by atoms with E-state index >= 15 is 0 Å². The van der Waals surface area contributed by atoms with Gasteiger partial charge >= 0.3 is 6.09 Å². The second-order valence-corrected chi connectivity index (χ2v) is 7.87. The maximum atomic E-state index is 11.0. The maximum Gasteiger partial charge on any atom is 0.407 e. The zero-order chi connectivity index (χ0) is 21.5. The number of aromatic nitrogens is 7. The molecule has 10 nitrogen and oxygen atoms in total. The first kappa shape index (κ1) is 19.3. The molecular formula is C21H24N8O2. The van der Waals surface area contributed by atoms with Crippen LogP contribution < -0.4 is 0 Å². The van der Waals surface area contributed by atoms with Crippen molar-refractivity contribution >= 4 is 11.6 Å². The summed E-state index contributed by atoms with van der Waals surface area (Å²) in [6.45, 7) is 5.23. The molecular weight excluding hydrogens is 396 g/mol. The molecule has 5 rings (SSSR count). The second kappa shape index (κ2) is 7.53. The van der Waals surface area contributed by atoms with Crippen molar-refractivity contribution in [1.82, 2.24) is 39.1 Å². The third-order valence-corrected chi connectivity index (χ3v) is 5.99. The van der Waals surface area contributed by atoms with Gasteiger partial charge in [0.2, 0.25) is 0 Å². The highest BCUT2D eigenvalue weighted by atomic mass is 16.4. The van der Waals surface area contributed by atoms with Gasteiger partial charge in [-0.3, -0.25) is 9.36 Å². The van der Waals surface area contributed by atoms with Gasteiger partial charge in [0.1, 0.15) is 0 Å². The van der Waals surface area contributed by atoms with Crippen molar-refractivity contribution in [2.45, 2.75) is 38.8 Å². The summed E-state index contributed by atoms with van der Waals surface area (Å²) in [5.41, 5.74) is 4.29. The lowest BCUT2D eigenvalue weighted by molar-refractivity contribution is 0.0812. The monoisotopic (exact) mass is 420 g/mol. The third kappa shape index (κ3) is 3.33. The van der Waals surface area contributed by atoms with Gasteiger partial charge in [0.15, 0.2) is 0 Å². The molecule has 160 valence electrons. The Morgan fingerprint density at radius 3 is 2.61 bits per heavy atom. The average molecular weight is 420 g/mol. The van der Waals surface area contributed by atoms with Crippen LogP contribution in [0.4, 0.5) is 4.79 Å². The molecule has 0 bridgehead atoms. The SMILES string of the molecule is CCC(CC)n1cc(-c2nc(-c3cnn(C4CN(C(=O)O)C4)c3)cn3nccc23)cn1. The van der Waals surface area contributed by atoms with E-state index < -0.39 is 6.09 Å². The summed E-state index contributed by atoms with van der Waals surface area (Å²) < 4.78 is 5.65. The molecule has 0 aromatic carbocycles. The van der Waals surface area contributed by atoms with E-state index in [1.54, 1.807) is 12.4 Å². The fourth-order valence-electron chi connectivity index (χ4n) is 4.05. The number of likely N-dealkylation sites (tertiary alicyclic amines) is 1. The molecule has 31 heavy (non-hydrogen) atoms. The van der Waals surface area contributed by atoms with Crippen molar-refractivity contribution in [3.05, 3.63) is 43.2 Å². The number of hydrogen-bond acceptors (Lipinski definition) is 5. The molecule has 1 aliphatic rings. The van der Waals surface area contributed by atoms with E-state index in [-0.39, 0.29) is 6.04 Å². The van der Waals surface area contributed by atoms with Gasteiger partial charge in [0.05, 0.1) is 53.8 Å². The summed E-state index contributed by atoms with van der Waals surface area (Å²) in [5.74, 6) is 0. The molecule has 4 aromatic heterocycles. The molecule has 5 heterocycles. The van der Waals surface area contributed by atoms with Gasteiger partial charge in [-0.1, -0.05) is 13.8 Å². The summed E-state index contributed by atoms with van der Waals surface area (Å²) in [6.07, 6.45) is 12.4. The third-order valence-electron chi connectivity index (χ3n) is 5.99. The van der Waals surface area contributed by atoms with Crippen LogP contribution in [0.2, 0.25) is 0 Å². The smallest absolute Gasteiger partial charge is 0.407 e. The minimum absolute atomic E-state index is 0.0519. The molecule has 0 spiro atoms. The Balaban J connectivity index is 1.49. The van der Waals surface area contributed by atoms with Crippen molar-refractivity contribution in [2.24, 2.45) is 0 Å². The van der Waals surface area contributed by atoms with Gasteiger partial charge in [-0.05, 0) is 18.9 Å². The molecule has 0 unspecified atom stereocenters. The highest BCUT2D eigenvalue weighted by Gasteiger charge is 2.32. The van der Waals surface area contributed by atoms with Crippen molar-refractivity contribution in [3.8, 4) is 22.5 Å². The Morgan fingerprint density at radius 2 is 1.87 bits per heavy atom. The van der Waals surface area contributed by atoms with Crippen LogP contribution in [-0.4, -0.2) is 63.3 Å². The van der Waals surface area contributed by atoms with Gasteiger partial charge in [0.25, 0.3) is 0 Å². The Labute approximate surface area is 178 Å². The number of amides is 1. The molecule has 0 saturated carbocycles. The Bertz CT molecular complexity index is 1230. The molecule has 4 aromatic rings. The van der Waals surface area contributed by atoms with Crippen molar-refractivity contribution in [1.29, 1.82) is 0 Å². The van der Waals surface area contributed by atoms with Crippen LogP contribution in [0.5, 0.6) is 0 Å². The summed E-state index contributed by atoms with van der Waals surface area (Å²) >= 11 is 0. The zero-order valence-electron chi connectivity index (χ0n) is 17.5. The molecule has 10 heteroatoms. The van der Waals surface area contributed by atoms with E-state index in [2.05, 4.69) is 35.3 Å². The summed E-state index contributed by atoms with van der Waals surface area (Å²) in [6, 6.07) is 2.36. The van der Waals surface area contributed by atoms with E-state index in [0.717, 1.165) is 40.9 Å². The standard InChI is InChI=1S/C21H24N8O2/c1-3-16(4-2)27-10-15(8-24-27)20-19-5-6-22-29(19)13-18(25-20)14-7-23-28(9-14)17-11-26(12-17)21(30)31/h5-10,13,16-17H,3-4,11-12H2,1-2H3,(H,30,31). The average Bonchev–Trinajstić information content (AvgIpc) is 3.47. The Kier molecular flexibility index (Phi) is 4.68. The zero-order valence-corrected chi connectivity index (χ0v) is 17.5. The predicted octanol–water partition coefficient (Wildman–Crippen LogP) is 3.35. The minimum atomic E-state index is -0.895. The molecule has 1 fully saturated rings. The number of fused-ring (bicyclic) bond motifs is 1. The summed E-state index contributed by atoms with van der Waals surface area (Å²) in [7, 11) is 0. The topological polar surface area (TPSA) is 106 Å². The number of hydrogen-bond donors (Lipinski definition) is 1. The first-order valence-corrected chi connectivity index (χ1v) is 10.5. The number of nitrogens with zero attached hydrogens (tertiary/aromatic N) is 8. The van der Waals surface area contributed by atoms with Crippen LogP contribution in [-0.2, 0) is 0 Å². The van der Waals surface area contributed by atoms with Gasteiger partial charge < -0.3 is 10.0 Å². The first-order valence-electron chi connectivity index (χ1n) is 10.5. The van der Waals surface area contributed by atoms with Crippen LogP contribution >= 0.6 is 0 Å².